The number of anilines is 1. The number of hydrogen-bond acceptors (Lipinski definition) is 5. The van der Waals surface area contributed by atoms with Crippen molar-refractivity contribution in [2.24, 2.45) is 0 Å². The molecule has 19 heavy (non-hydrogen) atoms. The van der Waals surface area contributed by atoms with Gasteiger partial charge in [0.1, 0.15) is 6.33 Å². The van der Waals surface area contributed by atoms with E-state index in [1.54, 1.807) is 11.9 Å². The molecule has 2 heterocycles. The molecule has 104 valence electrons. The highest BCUT2D eigenvalue weighted by atomic mass is 35.5. The molecule has 0 unspecified atom stereocenters. The lowest BCUT2D eigenvalue weighted by molar-refractivity contribution is -0.128. The maximum atomic E-state index is 12.1. The van der Waals surface area contributed by atoms with Gasteiger partial charge in [-0.2, -0.15) is 0 Å². The van der Waals surface area contributed by atoms with Gasteiger partial charge in [-0.25, -0.2) is 9.97 Å². The van der Waals surface area contributed by atoms with Crippen LogP contribution in [0, 0.1) is 0 Å². The Morgan fingerprint density at radius 2 is 2.16 bits per heavy atom. The number of rotatable bonds is 4. The average Bonchev–Trinajstić information content (AvgIpc) is 2.92. The molecule has 1 fully saturated rings. The summed E-state index contributed by atoms with van der Waals surface area (Å²) in [5.41, 5.74) is 0. The molecule has 0 saturated carbocycles. The molecule has 0 atom stereocenters. The molecule has 1 aliphatic heterocycles. The van der Waals surface area contributed by atoms with E-state index in [1.807, 2.05) is 4.90 Å². The number of carbonyl (C=O) groups is 1. The van der Waals surface area contributed by atoms with Crippen molar-refractivity contribution in [2.75, 3.05) is 38.7 Å². The molecule has 6 nitrogen and oxygen atoms in total. The normalized spacial score (nSPS) is 14.6. The number of amides is 1. The minimum absolute atomic E-state index is 0.0942. The van der Waals surface area contributed by atoms with Crippen LogP contribution in [0.25, 0.3) is 0 Å². The van der Waals surface area contributed by atoms with Gasteiger partial charge >= 0.3 is 0 Å². The number of methoxy groups -OCH3 is 1. The summed E-state index contributed by atoms with van der Waals surface area (Å²) < 4.78 is 5.18. The van der Waals surface area contributed by atoms with Gasteiger partial charge in [0.15, 0.2) is 16.7 Å². The second-order valence-electron chi connectivity index (χ2n) is 4.47. The topological polar surface area (TPSA) is 58.6 Å². The van der Waals surface area contributed by atoms with Gasteiger partial charge in [0, 0.05) is 20.1 Å². The first-order valence-electron chi connectivity index (χ1n) is 6.17. The lowest BCUT2D eigenvalue weighted by atomic mass is 10.4. The molecule has 2 rings (SSSR count). The van der Waals surface area contributed by atoms with Crippen LogP contribution < -0.4 is 9.64 Å². The summed E-state index contributed by atoms with van der Waals surface area (Å²) in [4.78, 5) is 23.7. The van der Waals surface area contributed by atoms with Crippen molar-refractivity contribution in [3.63, 3.8) is 0 Å². The van der Waals surface area contributed by atoms with Crippen LogP contribution in [0.3, 0.4) is 0 Å². The molecule has 0 radical (unpaired) electrons. The van der Waals surface area contributed by atoms with Crippen LogP contribution >= 0.6 is 11.6 Å². The Bertz CT molecular complexity index is 463. The standard InChI is InChI=1S/C12H17ClN4O2/c1-16(7-9(18)17-5-3-4-6-17)12-10(19-2)11(13)14-8-15-12/h8H,3-7H2,1-2H3. The van der Waals surface area contributed by atoms with Crippen molar-refractivity contribution in [3.8, 4) is 5.75 Å². The van der Waals surface area contributed by atoms with Crippen molar-refractivity contribution in [3.05, 3.63) is 11.5 Å². The third-order valence-corrected chi connectivity index (χ3v) is 3.41. The van der Waals surface area contributed by atoms with E-state index < -0.39 is 0 Å². The number of aromatic nitrogens is 2. The highest BCUT2D eigenvalue weighted by molar-refractivity contribution is 6.31. The lowest BCUT2D eigenvalue weighted by Crippen LogP contribution is -2.37. The van der Waals surface area contributed by atoms with Crippen LogP contribution in [-0.2, 0) is 4.79 Å². The Kier molecular flexibility index (Phi) is 4.42. The summed E-state index contributed by atoms with van der Waals surface area (Å²) in [5.74, 6) is 1.01. The van der Waals surface area contributed by atoms with Gasteiger partial charge in [0.2, 0.25) is 5.91 Å². The fourth-order valence-corrected chi connectivity index (χ4v) is 2.34. The predicted molar refractivity (Wildman–Crippen MR) is 72.7 cm³/mol. The third-order valence-electron chi connectivity index (χ3n) is 3.14. The van der Waals surface area contributed by atoms with E-state index in [2.05, 4.69) is 9.97 Å². The Balaban J connectivity index is 2.09. The molecule has 7 heteroatoms. The quantitative estimate of drug-likeness (QED) is 0.778. The largest absolute Gasteiger partial charge is 0.490 e. The maximum Gasteiger partial charge on any atom is 0.242 e. The Morgan fingerprint density at radius 1 is 1.47 bits per heavy atom. The van der Waals surface area contributed by atoms with Gasteiger partial charge in [0.05, 0.1) is 13.7 Å². The van der Waals surface area contributed by atoms with Gasteiger partial charge in [-0.15, -0.1) is 0 Å². The molecule has 1 aliphatic rings. The van der Waals surface area contributed by atoms with Gasteiger partial charge in [-0.05, 0) is 12.8 Å². The van der Waals surface area contributed by atoms with Crippen LogP contribution in [0.5, 0.6) is 5.75 Å². The van der Waals surface area contributed by atoms with E-state index in [0.717, 1.165) is 25.9 Å². The zero-order valence-electron chi connectivity index (χ0n) is 11.1. The number of likely N-dealkylation sites (N-methyl/N-ethyl adjacent to an activating group) is 1. The van der Waals surface area contributed by atoms with Crippen LogP contribution in [0.4, 0.5) is 5.82 Å². The third kappa shape index (κ3) is 3.07. The number of carbonyl (C=O) groups excluding carboxylic acids is 1. The predicted octanol–water partition coefficient (Wildman–Crippen LogP) is 1.20. The molecular weight excluding hydrogens is 268 g/mol. The first-order valence-corrected chi connectivity index (χ1v) is 6.54. The second kappa shape index (κ2) is 6.06. The van der Waals surface area contributed by atoms with Crippen LogP contribution in [-0.4, -0.2) is 54.6 Å². The molecule has 1 saturated heterocycles. The summed E-state index contributed by atoms with van der Waals surface area (Å²) in [6, 6.07) is 0. The Labute approximate surface area is 117 Å². The number of likely N-dealkylation sites (tertiary alicyclic amines) is 1. The number of nitrogens with zero attached hydrogens (tertiary/aromatic N) is 4. The van der Waals surface area contributed by atoms with Crippen LogP contribution in [0.15, 0.2) is 6.33 Å². The highest BCUT2D eigenvalue weighted by Crippen LogP contribution is 2.30. The van der Waals surface area contributed by atoms with E-state index in [4.69, 9.17) is 16.3 Å². The summed E-state index contributed by atoms with van der Waals surface area (Å²) in [7, 11) is 3.29. The fraction of sp³-hybridized carbons (Fsp3) is 0.583. The summed E-state index contributed by atoms with van der Waals surface area (Å²) >= 11 is 5.94. The van der Waals surface area contributed by atoms with Crippen LogP contribution in [0.1, 0.15) is 12.8 Å². The zero-order valence-corrected chi connectivity index (χ0v) is 11.9. The number of hydrogen-bond donors (Lipinski definition) is 0. The molecule has 0 N–H and O–H groups in total. The fourth-order valence-electron chi connectivity index (χ4n) is 2.14. The lowest BCUT2D eigenvalue weighted by Gasteiger charge is -2.23. The van der Waals surface area contributed by atoms with E-state index in [9.17, 15) is 4.79 Å². The average molecular weight is 285 g/mol. The van der Waals surface area contributed by atoms with E-state index in [0.29, 0.717) is 11.6 Å². The summed E-state index contributed by atoms with van der Waals surface area (Å²) in [6.45, 7) is 1.94. The smallest absolute Gasteiger partial charge is 0.242 e. The van der Waals surface area contributed by atoms with Gasteiger partial charge in [-0.3, -0.25) is 4.79 Å². The first kappa shape index (κ1) is 13.9. The Hall–Kier alpha value is -1.56. The van der Waals surface area contributed by atoms with Crippen molar-refractivity contribution in [1.29, 1.82) is 0 Å². The highest BCUT2D eigenvalue weighted by Gasteiger charge is 2.22. The van der Waals surface area contributed by atoms with Crippen LogP contribution in [0.2, 0.25) is 5.15 Å². The number of halogens is 1. The first-order chi connectivity index (χ1) is 9.13. The van der Waals surface area contributed by atoms with Gasteiger partial charge in [0.25, 0.3) is 0 Å². The molecular formula is C12H17ClN4O2. The van der Waals surface area contributed by atoms with E-state index in [1.165, 1.54) is 13.4 Å². The molecule has 0 aromatic carbocycles. The van der Waals surface area contributed by atoms with Crippen molar-refractivity contribution < 1.29 is 9.53 Å². The molecule has 0 aliphatic carbocycles. The minimum atomic E-state index is 0.0942. The zero-order chi connectivity index (χ0) is 13.8. The SMILES string of the molecule is COc1c(Cl)ncnc1N(C)CC(=O)N1CCCC1. The van der Waals surface area contributed by atoms with Gasteiger partial charge in [-0.1, -0.05) is 11.6 Å². The van der Waals surface area contributed by atoms with E-state index >= 15 is 0 Å². The van der Waals surface area contributed by atoms with Crippen molar-refractivity contribution in [1.82, 2.24) is 14.9 Å². The molecule has 1 aromatic heterocycles. The number of ether oxygens (including phenoxy) is 1. The minimum Gasteiger partial charge on any atom is -0.490 e. The molecule has 1 amide bonds. The monoisotopic (exact) mass is 284 g/mol. The summed E-state index contributed by atoms with van der Waals surface area (Å²) in [5, 5.41) is 0.243. The Morgan fingerprint density at radius 3 is 2.79 bits per heavy atom. The molecule has 0 spiro atoms. The molecule has 0 bridgehead atoms. The van der Waals surface area contributed by atoms with Gasteiger partial charge < -0.3 is 14.5 Å². The second-order valence-corrected chi connectivity index (χ2v) is 4.82. The van der Waals surface area contributed by atoms with Crippen molar-refractivity contribution >= 4 is 23.3 Å². The van der Waals surface area contributed by atoms with Crippen molar-refractivity contribution in [2.45, 2.75) is 12.8 Å². The molecule has 1 aromatic rings. The van der Waals surface area contributed by atoms with E-state index in [-0.39, 0.29) is 17.6 Å². The summed E-state index contributed by atoms with van der Waals surface area (Å²) in [6.07, 6.45) is 3.52. The maximum absolute atomic E-state index is 12.1.